The Morgan fingerprint density at radius 3 is 1.13 bits per heavy atom. The van der Waals surface area contributed by atoms with Crippen molar-refractivity contribution < 1.29 is 30.0 Å². The van der Waals surface area contributed by atoms with Crippen LogP contribution in [0.3, 0.4) is 0 Å². The second-order valence-corrected chi connectivity index (χ2v) is 6.81. The molecule has 4 N–H and O–H groups in total. The maximum Gasteiger partial charge on any atom is 0.335 e. The summed E-state index contributed by atoms with van der Waals surface area (Å²) in [5, 5.41) is 34.9. The summed E-state index contributed by atoms with van der Waals surface area (Å²) in [5.41, 5.74) is 0.662. The van der Waals surface area contributed by atoms with Gasteiger partial charge < -0.3 is 20.4 Å². The second kappa shape index (κ2) is 17.2. The molecule has 0 aromatic heterocycles. The molecule has 0 saturated heterocycles. The third kappa shape index (κ3) is 12.0. The van der Waals surface area contributed by atoms with Crippen LogP contribution in [0.5, 0.6) is 0 Å². The predicted molar refractivity (Wildman–Crippen MR) is 118 cm³/mol. The largest absolute Gasteiger partial charge is 0.478 e. The van der Waals surface area contributed by atoms with Gasteiger partial charge in [0.2, 0.25) is 0 Å². The SMILES string of the molecule is CCCC(CO)C(CO)CCC.O=C(O)c1ccccc1.O=C(O)c1ccccc1. The summed E-state index contributed by atoms with van der Waals surface area (Å²) < 4.78 is 0. The van der Waals surface area contributed by atoms with Crippen LogP contribution < -0.4 is 0 Å². The lowest BCUT2D eigenvalue weighted by molar-refractivity contribution is 0.0686. The zero-order valence-electron chi connectivity index (χ0n) is 17.8. The van der Waals surface area contributed by atoms with E-state index in [1.165, 1.54) is 0 Å². The lowest BCUT2D eigenvalue weighted by Gasteiger charge is -2.22. The van der Waals surface area contributed by atoms with Gasteiger partial charge in [-0.2, -0.15) is 0 Å². The van der Waals surface area contributed by atoms with E-state index in [9.17, 15) is 9.59 Å². The predicted octanol–water partition coefficient (Wildman–Crippen LogP) is 4.57. The topological polar surface area (TPSA) is 115 Å². The van der Waals surface area contributed by atoms with Gasteiger partial charge in [-0.05, 0) is 48.9 Å². The van der Waals surface area contributed by atoms with Gasteiger partial charge in [-0.15, -0.1) is 0 Å². The molecule has 0 radical (unpaired) electrons. The minimum atomic E-state index is -0.879. The lowest BCUT2D eigenvalue weighted by atomic mass is 9.86. The first-order chi connectivity index (χ1) is 14.4. The minimum Gasteiger partial charge on any atom is -0.478 e. The number of benzene rings is 2. The molecule has 0 aliphatic heterocycles. The zero-order valence-corrected chi connectivity index (χ0v) is 17.8. The summed E-state index contributed by atoms with van der Waals surface area (Å²) >= 11 is 0. The Hall–Kier alpha value is -2.70. The average molecular weight is 419 g/mol. The molecular formula is C24H34O6. The second-order valence-electron chi connectivity index (χ2n) is 6.81. The van der Waals surface area contributed by atoms with Crippen molar-refractivity contribution in [3.8, 4) is 0 Å². The summed E-state index contributed by atoms with van der Waals surface area (Å²) in [5.74, 6) is -1.15. The van der Waals surface area contributed by atoms with Crippen molar-refractivity contribution in [2.45, 2.75) is 39.5 Å². The fourth-order valence-corrected chi connectivity index (χ4v) is 2.86. The number of hydrogen-bond acceptors (Lipinski definition) is 4. The van der Waals surface area contributed by atoms with E-state index in [4.69, 9.17) is 20.4 Å². The standard InChI is InChI=1S/C10H22O2.2C7H6O2/c1-3-5-9(7-11)10(8-12)6-4-2;2*8-7(9)6-4-2-1-3-5-6/h9-12H,3-8H2,1-2H3;2*1-5H,(H,8,9). The molecule has 2 aromatic rings. The number of aliphatic hydroxyl groups excluding tert-OH is 2. The first kappa shape index (κ1) is 27.3. The van der Waals surface area contributed by atoms with Gasteiger partial charge >= 0.3 is 11.9 Å². The van der Waals surface area contributed by atoms with Gasteiger partial charge in [-0.25, -0.2) is 9.59 Å². The van der Waals surface area contributed by atoms with Gasteiger partial charge in [-0.1, -0.05) is 63.1 Å². The Bertz CT molecular complexity index is 626. The highest BCUT2D eigenvalue weighted by Gasteiger charge is 2.18. The molecule has 0 aliphatic carbocycles. The van der Waals surface area contributed by atoms with Gasteiger partial charge in [-0.3, -0.25) is 0 Å². The van der Waals surface area contributed by atoms with Crippen LogP contribution in [0.2, 0.25) is 0 Å². The van der Waals surface area contributed by atoms with Crippen LogP contribution in [0.25, 0.3) is 0 Å². The van der Waals surface area contributed by atoms with E-state index in [1.54, 1.807) is 60.7 Å². The van der Waals surface area contributed by atoms with Crippen molar-refractivity contribution in [1.82, 2.24) is 0 Å². The van der Waals surface area contributed by atoms with Crippen molar-refractivity contribution in [1.29, 1.82) is 0 Å². The normalized spacial score (nSPS) is 11.7. The Kier molecular flexibility index (Phi) is 15.6. The Morgan fingerprint density at radius 2 is 0.967 bits per heavy atom. The summed E-state index contributed by atoms with van der Waals surface area (Å²) in [7, 11) is 0. The number of carboxylic acid groups (broad SMARTS) is 2. The molecule has 166 valence electrons. The molecule has 30 heavy (non-hydrogen) atoms. The first-order valence-electron chi connectivity index (χ1n) is 10.2. The van der Waals surface area contributed by atoms with Gasteiger partial charge in [0.15, 0.2) is 0 Å². The number of aliphatic hydroxyl groups is 2. The van der Waals surface area contributed by atoms with Gasteiger partial charge in [0.25, 0.3) is 0 Å². The highest BCUT2D eigenvalue weighted by atomic mass is 16.4. The molecule has 6 heteroatoms. The minimum absolute atomic E-state index is 0.221. The molecule has 2 unspecified atom stereocenters. The van der Waals surface area contributed by atoms with E-state index >= 15 is 0 Å². The van der Waals surface area contributed by atoms with E-state index in [0.717, 1.165) is 25.7 Å². The number of carboxylic acids is 2. The Labute approximate surface area is 178 Å². The van der Waals surface area contributed by atoms with E-state index < -0.39 is 11.9 Å². The summed E-state index contributed by atoms with van der Waals surface area (Å²) in [6.07, 6.45) is 4.24. The summed E-state index contributed by atoms with van der Waals surface area (Å²) in [4.78, 5) is 20.4. The first-order valence-corrected chi connectivity index (χ1v) is 10.2. The Balaban J connectivity index is 0.000000426. The van der Waals surface area contributed by atoms with Crippen molar-refractivity contribution in [3.05, 3.63) is 71.8 Å². The van der Waals surface area contributed by atoms with Crippen LogP contribution in [0.1, 0.15) is 60.2 Å². The van der Waals surface area contributed by atoms with Gasteiger partial charge in [0.1, 0.15) is 0 Å². The fourth-order valence-electron chi connectivity index (χ4n) is 2.86. The number of aromatic carboxylic acids is 2. The molecule has 0 saturated carbocycles. The fraction of sp³-hybridized carbons (Fsp3) is 0.417. The van der Waals surface area contributed by atoms with Crippen molar-refractivity contribution >= 4 is 11.9 Å². The van der Waals surface area contributed by atoms with Crippen LogP contribution in [-0.2, 0) is 0 Å². The third-order valence-electron chi connectivity index (χ3n) is 4.50. The van der Waals surface area contributed by atoms with Crippen LogP contribution in [0, 0.1) is 11.8 Å². The van der Waals surface area contributed by atoms with Crippen LogP contribution in [0.15, 0.2) is 60.7 Å². The van der Waals surface area contributed by atoms with Gasteiger partial charge in [0.05, 0.1) is 11.1 Å². The summed E-state index contributed by atoms with van der Waals surface area (Å²) in [6.45, 7) is 4.67. The molecule has 2 aromatic carbocycles. The molecule has 0 bridgehead atoms. The average Bonchev–Trinajstić information content (AvgIpc) is 2.78. The van der Waals surface area contributed by atoms with Crippen molar-refractivity contribution in [3.63, 3.8) is 0 Å². The number of hydrogen-bond donors (Lipinski definition) is 4. The zero-order chi connectivity index (χ0) is 22.8. The molecule has 2 rings (SSSR count). The highest BCUT2D eigenvalue weighted by Crippen LogP contribution is 2.21. The number of carbonyl (C=O) groups is 2. The molecular weight excluding hydrogens is 384 g/mol. The maximum absolute atomic E-state index is 10.2. The molecule has 0 fully saturated rings. The third-order valence-corrected chi connectivity index (χ3v) is 4.50. The molecule has 0 aliphatic rings. The molecule has 0 heterocycles. The molecule has 2 atom stereocenters. The molecule has 0 spiro atoms. The van der Waals surface area contributed by atoms with Crippen molar-refractivity contribution in [2.24, 2.45) is 11.8 Å². The summed E-state index contributed by atoms with van der Waals surface area (Å²) in [6, 6.07) is 16.6. The van der Waals surface area contributed by atoms with E-state index in [0.29, 0.717) is 23.0 Å². The number of rotatable bonds is 9. The van der Waals surface area contributed by atoms with Crippen molar-refractivity contribution in [2.75, 3.05) is 13.2 Å². The van der Waals surface area contributed by atoms with E-state index in [-0.39, 0.29) is 13.2 Å². The lowest BCUT2D eigenvalue weighted by Crippen LogP contribution is -2.21. The molecule has 6 nitrogen and oxygen atoms in total. The maximum atomic E-state index is 10.2. The smallest absolute Gasteiger partial charge is 0.335 e. The molecule has 0 amide bonds. The highest BCUT2D eigenvalue weighted by molar-refractivity contribution is 5.87. The van der Waals surface area contributed by atoms with E-state index in [1.807, 2.05) is 0 Å². The van der Waals surface area contributed by atoms with E-state index in [2.05, 4.69) is 13.8 Å². The van der Waals surface area contributed by atoms with Crippen LogP contribution in [0.4, 0.5) is 0 Å². The van der Waals surface area contributed by atoms with Crippen LogP contribution >= 0.6 is 0 Å². The monoisotopic (exact) mass is 418 g/mol. The van der Waals surface area contributed by atoms with Gasteiger partial charge in [0, 0.05) is 13.2 Å². The quantitative estimate of drug-likeness (QED) is 0.474. The Morgan fingerprint density at radius 1 is 0.667 bits per heavy atom. The van der Waals surface area contributed by atoms with Crippen LogP contribution in [-0.4, -0.2) is 45.6 Å².